The van der Waals surface area contributed by atoms with Crippen LogP contribution in [0.15, 0.2) is 72.8 Å². The van der Waals surface area contributed by atoms with Gasteiger partial charge in [-0.05, 0) is 34.0 Å². The van der Waals surface area contributed by atoms with E-state index in [1.165, 1.54) is 0 Å². The van der Waals surface area contributed by atoms with Crippen molar-refractivity contribution in [3.63, 3.8) is 0 Å². The number of carbonyl (C=O) groups excluding carboxylic acids is 2. The largest absolute Gasteiger partial charge is 0.351 e. The van der Waals surface area contributed by atoms with Gasteiger partial charge in [-0.1, -0.05) is 66.7 Å². The quantitative estimate of drug-likeness (QED) is 0.769. The summed E-state index contributed by atoms with van der Waals surface area (Å²) in [6, 6.07) is 19.3. The molecule has 0 aromatic heterocycles. The Morgan fingerprint density at radius 1 is 0.880 bits per heavy atom. The summed E-state index contributed by atoms with van der Waals surface area (Å²) in [7, 11) is 0. The molecular weight excluding hydrogens is 312 g/mol. The molecule has 1 aliphatic carbocycles. The minimum absolute atomic E-state index is 0.404. The third-order valence-electron chi connectivity index (χ3n) is 4.50. The van der Waals surface area contributed by atoms with Gasteiger partial charge in [-0.3, -0.25) is 4.79 Å². The molecule has 4 nitrogen and oxygen atoms in total. The van der Waals surface area contributed by atoms with E-state index in [1.54, 1.807) is 24.3 Å². The van der Waals surface area contributed by atoms with E-state index >= 15 is 0 Å². The van der Waals surface area contributed by atoms with Gasteiger partial charge in [-0.25, -0.2) is 9.69 Å². The lowest BCUT2D eigenvalue weighted by molar-refractivity contribution is 0.0776. The van der Waals surface area contributed by atoms with Crippen LogP contribution in [0.3, 0.4) is 0 Å². The fourth-order valence-corrected chi connectivity index (χ4v) is 3.39. The van der Waals surface area contributed by atoms with Gasteiger partial charge in [0.15, 0.2) is 0 Å². The van der Waals surface area contributed by atoms with Gasteiger partial charge >= 0.3 is 6.03 Å². The average Bonchev–Trinajstić information content (AvgIpc) is 2.64. The zero-order chi connectivity index (χ0) is 17.4. The SMILES string of the molecule is NC(=O)N(C(=O)c1ccccc1)C1C=Cc2cccc3cccc1c23. The highest BCUT2D eigenvalue weighted by Crippen LogP contribution is 2.37. The Bertz CT molecular complexity index is 1000. The maximum absolute atomic E-state index is 12.9. The Labute approximate surface area is 145 Å². The van der Waals surface area contributed by atoms with Crippen molar-refractivity contribution in [2.75, 3.05) is 0 Å². The summed E-state index contributed by atoms with van der Waals surface area (Å²) in [6.45, 7) is 0. The molecule has 1 unspecified atom stereocenters. The lowest BCUT2D eigenvalue weighted by Crippen LogP contribution is -2.43. The maximum Gasteiger partial charge on any atom is 0.322 e. The van der Waals surface area contributed by atoms with Gasteiger partial charge in [0, 0.05) is 5.56 Å². The molecule has 0 fully saturated rings. The van der Waals surface area contributed by atoms with Crippen LogP contribution in [-0.4, -0.2) is 16.8 Å². The number of rotatable bonds is 2. The molecule has 0 saturated carbocycles. The predicted molar refractivity (Wildman–Crippen MR) is 97.9 cm³/mol. The summed E-state index contributed by atoms with van der Waals surface area (Å²) in [4.78, 5) is 26.2. The summed E-state index contributed by atoms with van der Waals surface area (Å²) in [5.41, 5.74) is 7.99. The summed E-state index contributed by atoms with van der Waals surface area (Å²) in [5.74, 6) is -0.404. The first-order valence-corrected chi connectivity index (χ1v) is 8.05. The molecule has 0 saturated heterocycles. The zero-order valence-corrected chi connectivity index (χ0v) is 13.4. The maximum atomic E-state index is 12.9. The monoisotopic (exact) mass is 328 g/mol. The zero-order valence-electron chi connectivity index (χ0n) is 13.4. The second kappa shape index (κ2) is 5.91. The second-order valence-electron chi connectivity index (χ2n) is 5.98. The Morgan fingerprint density at radius 2 is 1.60 bits per heavy atom. The molecule has 3 aromatic rings. The summed E-state index contributed by atoms with van der Waals surface area (Å²) >= 11 is 0. The van der Waals surface area contributed by atoms with E-state index in [-0.39, 0.29) is 0 Å². The van der Waals surface area contributed by atoms with Gasteiger partial charge in [0.05, 0.1) is 6.04 Å². The number of nitrogens with two attached hydrogens (primary N) is 1. The Kier molecular flexibility index (Phi) is 3.58. The first kappa shape index (κ1) is 15.1. The molecule has 4 heteroatoms. The van der Waals surface area contributed by atoms with Crippen LogP contribution in [0.25, 0.3) is 16.8 Å². The highest BCUT2D eigenvalue weighted by Gasteiger charge is 2.31. The number of amides is 3. The van der Waals surface area contributed by atoms with Crippen molar-refractivity contribution >= 4 is 28.8 Å². The molecule has 2 N–H and O–H groups in total. The first-order valence-electron chi connectivity index (χ1n) is 8.05. The van der Waals surface area contributed by atoms with E-state index in [9.17, 15) is 9.59 Å². The highest BCUT2D eigenvalue weighted by atomic mass is 16.2. The fourth-order valence-electron chi connectivity index (χ4n) is 3.39. The number of hydrogen-bond donors (Lipinski definition) is 1. The van der Waals surface area contributed by atoms with E-state index in [4.69, 9.17) is 5.73 Å². The van der Waals surface area contributed by atoms with E-state index in [0.29, 0.717) is 5.56 Å². The van der Waals surface area contributed by atoms with Crippen LogP contribution in [0.2, 0.25) is 0 Å². The number of carbonyl (C=O) groups is 2. The van der Waals surface area contributed by atoms with Gasteiger partial charge in [-0.2, -0.15) is 0 Å². The molecule has 0 spiro atoms. The third kappa shape index (κ3) is 2.48. The standard InChI is InChI=1S/C21H16N2O2/c22-21(25)23(20(24)16-6-2-1-3-7-16)18-13-12-15-9-4-8-14-10-5-11-17(18)19(14)15/h1-13,18H,(H2,22,25). The minimum Gasteiger partial charge on any atom is -0.351 e. The van der Waals surface area contributed by atoms with Crippen molar-refractivity contribution in [1.82, 2.24) is 4.90 Å². The molecule has 3 amide bonds. The molecule has 122 valence electrons. The van der Waals surface area contributed by atoms with Crippen molar-refractivity contribution < 1.29 is 9.59 Å². The highest BCUT2D eigenvalue weighted by molar-refractivity contribution is 6.05. The molecular formula is C21H16N2O2. The van der Waals surface area contributed by atoms with Crippen molar-refractivity contribution in [2.24, 2.45) is 5.73 Å². The van der Waals surface area contributed by atoms with Crippen LogP contribution >= 0.6 is 0 Å². The second-order valence-corrected chi connectivity index (χ2v) is 5.98. The summed E-state index contributed by atoms with van der Waals surface area (Å²) < 4.78 is 0. The van der Waals surface area contributed by atoms with E-state index in [1.807, 2.05) is 54.6 Å². The molecule has 0 radical (unpaired) electrons. The van der Waals surface area contributed by atoms with E-state index < -0.39 is 18.0 Å². The lowest BCUT2D eigenvalue weighted by atomic mass is 9.89. The lowest BCUT2D eigenvalue weighted by Gasteiger charge is -2.30. The molecule has 0 bridgehead atoms. The molecule has 3 aromatic carbocycles. The van der Waals surface area contributed by atoms with Crippen LogP contribution in [0.1, 0.15) is 27.5 Å². The van der Waals surface area contributed by atoms with E-state index in [0.717, 1.165) is 26.8 Å². The Balaban J connectivity index is 1.85. The normalized spacial score (nSPS) is 15.1. The van der Waals surface area contributed by atoms with Crippen LogP contribution in [0.4, 0.5) is 4.79 Å². The topological polar surface area (TPSA) is 63.4 Å². The molecule has 0 heterocycles. The van der Waals surface area contributed by atoms with Crippen molar-refractivity contribution in [3.05, 3.63) is 89.5 Å². The van der Waals surface area contributed by atoms with Gasteiger partial charge < -0.3 is 5.73 Å². The number of urea groups is 1. The minimum atomic E-state index is -0.764. The number of nitrogens with zero attached hydrogens (tertiary/aromatic N) is 1. The number of benzene rings is 3. The Morgan fingerprint density at radius 3 is 2.32 bits per heavy atom. The summed E-state index contributed by atoms with van der Waals surface area (Å²) in [5, 5.41) is 2.12. The third-order valence-corrected chi connectivity index (χ3v) is 4.50. The molecule has 4 rings (SSSR count). The molecule has 0 aliphatic heterocycles. The Hall–Kier alpha value is -3.40. The summed E-state index contributed by atoms with van der Waals surface area (Å²) in [6.07, 6.45) is 3.79. The van der Waals surface area contributed by atoms with Crippen LogP contribution in [0, 0.1) is 0 Å². The predicted octanol–water partition coefficient (Wildman–Crippen LogP) is 4.13. The van der Waals surface area contributed by atoms with Crippen molar-refractivity contribution in [3.8, 4) is 0 Å². The average molecular weight is 328 g/mol. The van der Waals surface area contributed by atoms with Gasteiger partial charge in [0.1, 0.15) is 0 Å². The number of primary amides is 1. The fraction of sp³-hybridized carbons (Fsp3) is 0.0476. The molecule has 25 heavy (non-hydrogen) atoms. The van der Waals surface area contributed by atoms with E-state index in [2.05, 4.69) is 0 Å². The number of hydrogen-bond acceptors (Lipinski definition) is 2. The first-order chi connectivity index (χ1) is 12.2. The van der Waals surface area contributed by atoms with Gasteiger partial charge in [-0.15, -0.1) is 0 Å². The van der Waals surface area contributed by atoms with Crippen LogP contribution < -0.4 is 5.73 Å². The number of imide groups is 1. The smallest absolute Gasteiger partial charge is 0.322 e. The van der Waals surface area contributed by atoms with Crippen LogP contribution in [0.5, 0.6) is 0 Å². The molecule has 1 aliphatic rings. The van der Waals surface area contributed by atoms with Crippen molar-refractivity contribution in [1.29, 1.82) is 0 Å². The van der Waals surface area contributed by atoms with Crippen LogP contribution in [-0.2, 0) is 0 Å². The van der Waals surface area contributed by atoms with Gasteiger partial charge in [0.2, 0.25) is 0 Å². The molecule has 1 atom stereocenters. The van der Waals surface area contributed by atoms with Gasteiger partial charge in [0.25, 0.3) is 5.91 Å². The van der Waals surface area contributed by atoms with Crippen molar-refractivity contribution in [2.45, 2.75) is 6.04 Å².